The minimum Gasteiger partial charge on any atom is -0.391 e. The maximum Gasteiger partial charge on any atom is 0.251 e. The molecular formula is C52H64N10O7S3. The summed E-state index contributed by atoms with van der Waals surface area (Å²) in [6.07, 6.45) is 3.00. The number of aromatic nitrogens is 2. The van der Waals surface area contributed by atoms with Gasteiger partial charge < -0.3 is 36.6 Å². The fourth-order valence-electron chi connectivity index (χ4n) is 8.67. The highest BCUT2D eigenvalue weighted by Gasteiger charge is 2.44. The Bertz CT molecular complexity index is 2780. The van der Waals surface area contributed by atoms with Crippen molar-refractivity contribution in [2.24, 2.45) is 5.41 Å². The summed E-state index contributed by atoms with van der Waals surface area (Å²) >= 11 is 6.95. The number of aliphatic hydroxyl groups excluding tert-OH is 1. The van der Waals surface area contributed by atoms with Gasteiger partial charge in [0.05, 0.1) is 33.1 Å². The molecule has 2 saturated heterocycles. The van der Waals surface area contributed by atoms with Crippen molar-refractivity contribution >= 4 is 68.0 Å². The normalized spacial score (nSPS) is 17.4. The minimum absolute atomic E-state index is 0.0344. The number of thiazole rings is 1. The van der Waals surface area contributed by atoms with Crippen LogP contribution in [0.3, 0.4) is 0 Å². The molecular weight excluding hydrogens is 973 g/mol. The number of pyridine rings is 1. The molecule has 0 radical (unpaired) electrons. The molecule has 2 fully saturated rings. The fourth-order valence-corrected chi connectivity index (χ4v) is 11.1. The third kappa shape index (κ3) is 14.1. The number of thiocarbonyl (C=S) groups is 1. The Kier molecular flexibility index (Phi) is 17.9. The number of anilines is 1. The summed E-state index contributed by atoms with van der Waals surface area (Å²) < 4.78 is 28.5. The fraction of sp³-hybridized carbons (Fsp3) is 0.404. The second-order valence-electron chi connectivity index (χ2n) is 19.3. The molecule has 4 atom stereocenters. The van der Waals surface area contributed by atoms with Gasteiger partial charge in [-0.25, -0.2) is 13.4 Å². The number of carbonyl (C=O) groups excluding carboxylic acids is 4. The molecule has 0 bridgehead atoms. The van der Waals surface area contributed by atoms with Gasteiger partial charge in [-0.3, -0.25) is 29.1 Å². The molecule has 72 heavy (non-hydrogen) atoms. The molecule has 0 spiro atoms. The zero-order valence-corrected chi connectivity index (χ0v) is 43.7. The summed E-state index contributed by atoms with van der Waals surface area (Å²) in [5.74, 6) is -1.50. The van der Waals surface area contributed by atoms with E-state index in [0.29, 0.717) is 62.1 Å². The number of likely N-dealkylation sites (tertiary alicyclic amines) is 1. The summed E-state index contributed by atoms with van der Waals surface area (Å²) in [6, 6.07) is 23.2. The van der Waals surface area contributed by atoms with Crippen LogP contribution < -0.4 is 26.6 Å². The highest BCUT2D eigenvalue weighted by Crippen LogP contribution is 2.30. The predicted molar refractivity (Wildman–Crippen MR) is 282 cm³/mol. The van der Waals surface area contributed by atoms with Gasteiger partial charge in [0.1, 0.15) is 12.1 Å². The van der Waals surface area contributed by atoms with E-state index in [-0.39, 0.29) is 54.6 Å². The zero-order chi connectivity index (χ0) is 51.6. The molecule has 2 aromatic heterocycles. The second kappa shape index (κ2) is 24.0. The second-order valence-corrected chi connectivity index (χ2v) is 22.5. The molecule has 6 N–H and O–H groups in total. The van der Waals surface area contributed by atoms with E-state index < -0.39 is 39.5 Å². The van der Waals surface area contributed by atoms with E-state index in [1.54, 1.807) is 60.1 Å². The number of aliphatic hydroxyl groups is 1. The van der Waals surface area contributed by atoms with Crippen LogP contribution in [0.25, 0.3) is 10.4 Å². The van der Waals surface area contributed by atoms with Gasteiger partial charge in [-0.2, -0.15) is 4.31 Å². The smallest absolute Gasteiger partial charge is 0.251 e. The Hall–Kier alpha value is -6.16. The topological polar surface area (TPSA) is 218 Å². The first-order chi connectivity index (χ1) is 34.3. The third-order valence-electron chi connectivity index (χ3n) is 12.8. The summed E-state index contributed by atoms with van der Waals surface area (Å²) in [4.78, 5) is 67.4. The lowest BCUT2D eigenvalue weighted by molar-refractivity contribution is -0.144. The number of β-amino-alcohol motifs (C(OH)–C–C–N with tert-alkyl or cyclic N) is 1. The van der Waals surface area contributed by atoms with Crippen LogP contribution in [0.1, 0.15) is 85.7 Å². The van der Waals surface area contributed by atoms with E-state index in [9.17, 15) is 32.7 Å². The van der Waals surface area contributed by atoms with E-state index in [0.717, 1.165) is 32.8 Å². The SMILES string of the molecule is Cc1ncsc1-c1ccc([C@H](C)NC(=O)[C@@H]2C[C@@H](O)CN2C(=O)[C@@H](NC(=O)CCCNC(=O)c2ccc(CN3CCN(S(=O)(=O)c4ccc(NC(=S)NCc5cccnc5)cc4)CC3)cc2)C(C)(C)C)cc1. The van der Waals surface area contributed by atoms with Crippen molar-refractivity contribution in [3.8, 4) is 10.4 Å². The van der Waals surface area contributed by atoms with Gasteiger partial charge in [0.15, 0.2) is 5.11 Å². The van der Waals surface area contributed by atoms with Crippen LogP contribution in [-0.2, 0) is 37.5 Å². The molecule has 20 heteroatoms. The van der Waals surface area contributed by atoms with E-state index in [1.807, 2.05) is 88.7 Å². The van der Waals surface area contributed by atoms with Crippen LogP contribution in [0, 0.1) is 12.3 Å². The van der Waals surface area contributed by atoms with Crippen molar-refractivity contribution in [2.45, 2.75) is 96.1 Å². The molecule has 4 heterocycles. The molecule has 3 aromatic carbocycles. The lowest BCUT2D eigenvalue weighted by Gasteiger charge is -2.35. The Morgan fingerprint density at radius 1 is 0.903 bits per heavy atom. The Labute approximate surface area is 431 Å². The van der Waals surface area contributed by atoms with Crippen molar-refractivity contribution in [3.63, 3.8) is 0 Å². The van der Waals surface area contributed by atoms with Crippen molar-refractivity contribution in [1.29, 1.82) is 0 Å². The monoisotopic (exact) mass is 1040 g/mol. The van der Waals surface area contributed by atoms with Crippen LogP contribution >= 0.6 is 23.6 Å². The quantitative estimate of drug-likeness (QED) is 0.0480. The lowest BCUT2D eigenvalue weighted by Crippen LogP contribution is -2.57. The largest absolute Gasteiger partial charge is 0.391 e. The molecule has 7 rings (SSSR count). The van der Waals surface area contributed by atoms with Crippen molar-refractivity contribution < 1.29 is 32.7 Å². The molecule has 0 unspecified atom stereocenters. The average Bonchev–Trinajstić information content (AvgIpc) is 3.99. The van der Waals surface area contributed by atoms with E-state index in [2.05, 4.69) is 41.5 Å². The minimum atomic E-state index is -3.70. The molecule has 0 aliphatic carbocycles. The van der Waals surface area contributed by atoms with Crippen LogP contribution in [0.5, 0.6) is 0 Å². The van der Waals surface area contributed by atoms with Crippen LogP contribution in [0.2, 0.25) is 0 Å². The van der Waals surface area contributed by atoms with Crippen molar-refractivity contribution in [3.05, 3.63) is 131 Å². The molecule has 17 nitrogen and oxygen atoms in total. The van der Waals surface area contributed by atoms with Gasteiger partial charge in [-0.05, 0) is 103 Å². The van der Waals surface area contributed by atoms with Gasteiger partial charge in [0.25, 0.3) is 5.91 Å². The number of nitrogens with one attached hydrogen (secondary N) is 5. The average molecular weight is 1040 g/mol. The van der Waals surface area contributed by atoms with E-state index >= 15 is 0 Å². The Morgan fingerprint density at radius 3 is 2.25 bits per heavy atom. The number of hydrogen-bond acceptors (Lipinski definition) is 12. The van der Waals surface area contributed by atoms with Crippen LogP contribution in [-0.4, -0.2) is 124 Å². The van der Waals surface area contributed by atoms with Gasteiger partial charge in [-0.15, -0.1) is 11.3 Å². The standard InChI is InChI=1S/C52H64N10O7S3/c1-34(38-14-16-39(17-15-38)46-35(2)56-33-71-46)57-49(66)44-28-42(63)32-62(44)50(67)47(52(3,4)5)59-45(64)9-7-23-54-48(65)40-12-10-36(11-13-40)31-60-24-26-61(27-25-60)72(68,69)43-20-18-41(19-21-43)58-51(70)55-30-37-8-6-22-53-29-37/h6,8,10-22,29,33-34,42,44,47,63H,7,9,23-28,30-32H2,1-5H3,(H,54,65)(H,57,66)(H,59,64)(H2,55,58,70)/t34-,42+,44-,47+/m0/s1. The summed E-state index contributed by atoms with van der Waals surface area (Å²) in [6.45, 7) is 12.4. The number of rotatable bonds is 18. The highest BCUT2D eigenvalue weighted by atomic mass is 32.2. The molecule has 2 aliphatic heterocycles. The summed E-state index contributed by atoms with van der Waals surface area (Å²) in [5, 5.41) is 26.0. The van der Waals surface area contributed by atoms with E-state index in [4.69, 9.17) is 12.2 Å². The van der Waals surface area contributed by atoms with Crippen molar-refractivity contribution in [1.82, 2.24) is 45.3 Å². The summed E-state index contributed by atoms with van der Waals surface area (Å²) in [5.41, 5.74) is 7.06. The highest BCUT2D eigenvalue weighted by molar-refractivity contribution is 7.89. The van der Waals surface area contributed by atoms with Gasteiger partial charge >= 0.3 is 0 Å². The Balaban J connectivity index is 0.816. The lowest BCUT2D eigenvalue weighted by atomic mass is 9.85. The first-order valence-electron chi connectivity index (χ1n) is 24.1. The number of piperazine rings is 1. The van der Waals surface area contributed by atoms with Crippen molar-refractivity contribution in [2.75, 3.05) is 44.6 Å². The third-order valence-corrected chi connectivity index (χ3v) is 15.9. The number of amides is 4. The molecule has 0 saturated carbocycles. The molecule has 382 valence electrons. The summed E-state index contributed by atoms with van der Waals surface area (Å²) in [7, 11) is -3.70. The zero-order valence-electron chi connectivity index (χ0n) is 41.3. The number of aryl methyl sites for hydroxylation is 1. The van der Waals surface area contributed by atoms with Gasteiger partial charge in [-0.1, -0.05) is 63.2 Å². The first kappa shape index (κ1) is 53.6. The number of benzene rings is 3. The van der Waals surface area contributed by atoms with Gasteiger partial charge in [0, 0.05) is 88.8 Å². The number of hydrogen-bond donors (Lipinski definition) is 6. The molecule has 4 amide bonds. The molecule has 5 aromatic rings. The first-order valence-corrected chi connectivity index (χ1v) is 26.8. The predicted octanol–water partition coefficient (Wildman–Crippen LogP) is 5.39. The van der Waals surface area contributed by atoms with Crippen LogP contribution in [0.4, 0.5) is 5.69 Å². The maximum atomic E-state index is 14.1. The Morgan fingerprint density at radius 2 is 1.61 bits per heavy atom. The number of sulfonamides is 1. The van der Waals surface area contributed by atoms with Gasteiger partial charge in [0.2, 0.25) is 27.7 Å². The number of nitrogens with zero attached hydrogens (tertiary/aromatic N) is 5. The van der Waals surface area contributed by atoms with E-state index in [1.165, 1.54) is 9.21 Å². The maximum absolute atomic E-state index is 14.1. The molecule has 2 aliphatic rings. The van der Waals surface area contributed by atoms with Crippen LogP contribution in [0.15, 0.2) is 108 Å². The number of carbonyl (C=O) groups is 4.